The van der Waals surface area contributed by atoms with Crippen LogP contribution in [0.15, 0.2) is 18.2 Å². The summed E-state index contributed by atoms with van der Waals surface area (Å²) < 4.78 is 0. The zero-order valence-electron chi connectivity index (χ0n) is 10.6. The Kier molecular flexibility index (Phi) is 3.72. The number of hydrogen-bond acceptors (Lipinski definition) is 1. The van der Waals surface area contributed by atoms with Gasteiger partial charge in [-0.3, -0.25) is 4.79 Å². The lowest BCUT2D eigenvalue weighted by molar-refractivity contribution is 0.105. The highest BCUT2D eigenvalue weighted by atomic mass is 28.3. The molecule has 0 unspecified atom stereocenters. The average Bonchev–Trinajstić information content (AvgIpc) is 2.13. The van der Waals surface area contributed by atoms with E-state index in [-0.39, 0.29) is 5.78 Å². The van der Waals surface area contributed by atoms with Crippen molar-refractivity contribution in [3.63, 3.8) is 0 Å². The fourth-order valence-corrected chi connectivity index (χ4v) is 1.97. The molecular formula is C14H18OSi. The lowest BCUT2D eigenvalue weighted by Crippen LogP contribution is -2.17. The SMILES string of the molecule is Cc1cccc(C)c1C(=O)C#C[Si](C)(C)C. The van der Waals surface area contributed by atoms with Crippen molar-refractivity contribution < 1.29 is 4.79 Å². The van der Waals surface area contributed by atoms with Crippen LogP contribution in [0.3, 0.4) is 0 Å². The summed E-state index contributed by atoms with van der Waals surface area (Å²) in [6.07, 6.45) is 0. The van der Waals surface area contributed by atoms with Gasteiger partial charge in [-0.2, -0.15) is 0 Å². The topological polar surface area (TPSA) is 17.1 Å². The van der Waals surface area contributed by atoms with Gasteiger partial charge in [-0.25, -0.2) is 0 Å². The molecule has 2 heteroatoms. The Morgan fingerprint density at radius 2 is 1.62 bits per heavy atom. The minimum absolute atomic E-state index is 0.0435. The fourth-order valence-electron chi connectivity index (χ4n) is 1.48. The number of aryl methyl sites for hydroxylation is 2. The third-order valence-electron chi connectivity index (χ3n) is 2.26. The van der Waals surface area contributed by atoms with Gasteiger partial charge in [0, 0.05) is 5.56 Å². The molecule has 0 saturated carbocycles. The van der Waals surface area contributed by atoms with Crippen LogP contribution >= 0.6 is 0 Å². The number of ketones is 1. The van der Waals surface area contributed by atoms with Gasteiger partial charge in [-0.15, -0.1) is 5.54 Å². The minimum Gasteiger partial charge on any atom is -0.279 e. The van der Waals surface area contributed by atoms with E-state index in [1.165, 1.54) is 0 Å². The third-order valence-corrected chi connectivity index (χ3v) is 3.13. The van der Waals surface area contributed by atoms with E-state index in [4.69, 9.17) is 0 Å². The van der Waals surface area contributed by atoms with Gasteiger partial charge in [0.15, 0.2) is 0 Å². The highest BCUT2D eigenvalue weighted by Crippen LogP contribution is 2.13. The number of rotatable bonds is 1. The molecule has 0 atom stereocenters. The maximum atomic E-state index is 12.0. The standard InChI is InChI=1S/C14H18OSi/c1-11-7-6-8-12(2)14(11)13(15)9-10-16(3,4)5/h6-8H,1-5H3. The molecule has 0 heterocycles. The second-order valence-electron chi connectivity index (χ2n) is 5.10. The molecule has 0 fully saturated rings. The molecule has 1 aromatic carbocycles. The van der Waals surface area contributed by atoms with Crippen LogP contribution in [0.1, 0.15) is 21.5 Å². The molecule has 0 radical (unpaired) electrons. The van der Waals surface area contributed by atoms with Crippen molar-refractivity contribution in [3.05, 3.63) is 34.9 Å². The van der Waals surface area contributed by atoms with Crippen molar-refractivity contribution in [2.75, 3.05) is 0 Å². The van der Waals surface area contributed by atoms with Gasteiger partial charge >= 0.3 is 0 Å². The van der Waals surface area contributed by atoms with Crippen molar-refractivity contribution in [2.45, 2.75) is 33.5 Å². The molecule has 84 valence electrons. The number of carbonyl (C=O) groups excluding carboxylic acids is 1. The summed E-state index contributed by atoms with van der Waals surface area (Å²) in [7, 11) is -1.47. The molecule has 0 saturated heterocycles. The molecular weight excluding hydrogens is 212 g/mol. The molecule has 0 aliphatic heterocycles. The predicted octanol–water partition coefficient (Wildman–Crippen LogP) is 3.37. The summed E-state index contributed by atoms with van der Waals surface area (Å²) in [4.78, 5) is 12.0. The Balaban J connectivity index is 3.10. The smallest absolute Gasteiger partial charge is 0.235 e. The van der Waals surface area contributed by atoms with Crippen molar-refractivity contribution in [3.8, 4) is 11.5 Å². The molecule has 1 rings (SSSR count). The molecule has 0 spiro atoms. The summed E-state index contributed by atoms with van der Waals surface area (Å²) in [5.74, 6) is 2.75. The Bertz CT molecular complexity index is 449. The summed E-state index contributed by atoms with van der Waals surface area (Å²) in [6.45, 7) is 10.3. The van der Waals surface area contributed by atoms with Gasteiger partial charge in [-0.1, -0.05) is 37.8 Å². The van der Waals surface area contributed by atoms with Gasteiger partial charge in [-0.05, 0) is 30.9 Å². The van der Waals surface area contributed by atoms with E-state index in [0.29, 0.717) is 0 Å². The maximum Gasteiger partial charge on any atom is 0.235 e. The van der Waals surface area contributed by atoms with Crippen molar-refractivity contribution in [2.24, 2.45) is 0 Å². The van der Waals surface area contributed by atoms with Crippen LogP contribution in [0.5, 0.6) is 0 Å². The molecule has 0 aliphatic rings. The van der Waals surface area contributed by atoms with Gasteiger partial charge < -0.3 is 0 Å². The Hall–Kier alpha value is -1.33. The summed E-state index contributed by atoms with van der Waals surface area (Å²) in [5.41, 5.74) is 5.90. The van der Waals surface area contributed by atoms with Crippen molar-refractivity contribution in [1.29, 1.82) is 0 Å². The Morgan fingerprint density at radius 3 is 2.06 bits per heavy atom. The molecule has 1 aromatic rings. The Morgan fingerprint density at radius 1 is 1.12 bits per heavy atom. The van der Waals surface area contributed by atoms with E-state index >= 15 is 0 Å². The molecule has 0 aliphatic carbocycles. The largest absolute Gasteiger partial charge is 0.279 e. The lowest BCUT2D eigenvalue weighted by atomic mass is 10.00. The van der Waals surface area contributed by atoms with Gasteiger partial charge in [0.05, 0.1) is 0 Å². The normalized spacial score (nSPS) is 10.6. The molecule has 0 aromatic heterocycles. The average molecular weight is 230 g/mol. The van der Waals surface area contributed by atoms with E-state index in [9.17, 15) is 4.79 Å². The molecule has 1 nitrogen and oxygen atoms in total. The van der Waals surface area contributed by atoms with Crippen LogP contribution in [-0.4, -0.2) is 13.9 Å². The zero-order chi connectivity index (χ0) is 12.3. The number of hydrogen-bond donors (Lipinski definition) is 0. The fraction of sp³-hybridized carbons (Fsp3) is 0.357. The first-order valence-corrected chi connectivity index (χ1v) is 8.95. The van der Waals surface area contributed by atoms with Crippen LogP contribution in [0, 0.1) is 25.3 Å². The number of carbonyl (C=O) groups is 1. The van der Waals surface area contributed by atoms with Crippen LogP contribution in [0.25, 0.3) is 0 Å². The summed E-state index contributed by atoms with van der Waals surface area (Å²) in [6, 6.07) is 5.88. The molecule has 0 bridgehead atoms. The van der Waals surface area contributed by atoms with E-state index in [1.807, 2.05) is 32.0 Å². The second-order valence-corrected chi connectivity index (χ2v) is 9.85. The van der Waals surface area contributed by atoms with Crippen LogP contribution in [0.2, 0.25) is 19.6 Å². The first kappa shape index (κ1) is 12.7. The second kappa shape index (κ2) is 4.67. The van der Waals surface area contributed by atoms with E-state index in [1.54, 1.807) is 0 Å². The number of Topliss-reactive ketones (excluding diaryl/α,β-unsaturated/α-hetero) is 1. The first-order chi connectivity index (χ1) is 7.31. The molecule has 0 amide bonds. The van der Waals surface area contributed by atoms with E-state index in [0.717, 1.165) is 16.7 Å². The number of benzene rings is 1. The first-order valence-electron chi connectivity index (χ1n) is 5.45. The lowest BCUT2D eigenvalue weighted by Gasteiger charge is -2.06. The summed E-state index contributed by atoms with van der Waals surface area (Å²) >= 11 is 0. The van der Waals surface area contributed by atoms with Crippen molar-refractivity contribution >= 4 is 13.9 Å². The molecule has 16 heavy (non-hydrogen) atoms. The zero-order valence-corrected chi connectivity index (χ0v) is 11.6. The van der Waals surface area contributed by atoms with E-state index < -0.39 is 8.07 Å². The quantitative estimate of drug-likeness (QED) is 0.411. The summed E-state index contributed by atoms with van der Waals surface area (Å²) in [5, 5.41) is 0. The van der Waals surface area contributed by atoms with Gasteiger partial charge in [0.2, 0.25) is 5.78 Å². The predicted molar refractivity (Wildman–Crippen MR) is 71.4 cm³/mol. The van der Waals surface area contributed by atoms with Gasteiger partial charge in [0.1, 0.15) is 8.07 Å². The van der Waals surface area contributed by atoms with Crippen LogP contribution in [0.4, 0.5) is 0 Å². The van der Waals surface area contributed by atoms with Crippen LogP contribution < -0.4 is 0 Å². The Labute approximate surface area is 98.9 Å². The highest BCUT2D eigenvalue weighted by molar-refractivity contribution is 6.84. The highest BCUT2D eigenvalue weighted by Gasteiger charge is 2.12. The minimum atomic E-state index is -1.47. The van der Waals surface area contributed by atoms with Gasteiger partial charge in [0.25, 0.3) is 0 Å². The van der Waals surface area contributed by atoms with E-state index in [2.05, 4.69) is 31.1 Å². The van der Waals surface area contributed by atoms with Crippen molar-refractivity contribution in [1.82, 2.24) is 0 Å². The third kappa shape index (κ3) is 3.36. The van der Waals surface area contributed by atoms with Crippen LogP contribution in [-0.2, 0) is 0 Å². The maximum absolute atomic E-state index is 12.0. The monoisotopic (exact) mass is 230 g/mol. The molecule has 0 N–H and O–H groups in total.